The molecule has 0 fully saturated rings. The molecule has 0 aliphatic carbocycles. The van der Waals surface area contributed by atoms with Gasteiger partial charge in [-0.15, -0.1) is 0 Å². The molecule has 2 aromatic carbocycles. The third kappa shape index (κ3) is 5.12. The minimum atomic E-state index is 0.148. The molecule has 0 saturated heterocycles. The van der Waals surface area contributed by atoms with Crippen LogP contribution in [0.2, 0.25) is 0 Å². The van der Waals surface area contributed by atoms with E-state index in [0.717, 1.165) is 28.3 Å². The average molecular weight is 405 g/mol. The lowest BCUT2D eigenvalue weighted by Gasteiger charge is -2.20. The highest BCUT2D eigenvalue weighted by atomic mass is 32.1. The molecule has 0 unspecified atom stereocenters. The molecule has 3 aromatic rings. The minimum Gasteiger partial charge on any atom is -0.331 e. The summed E-state index contributed by atoms with van der Waals surface area (Å²) in [5.74, 6) is 0. The number of thiocarbonyl (C=S) groups is 1. The number of para-hydroxylation sites is 1. The van der Waals surface area contributed by atoms with Crippen molar-refractivity contribution < 1.29 is 0 Å². The van der Waals surface area contributed by atoms with Gasteiger partial charge in [0.15, 0.2) is 5.11 Å². The number of rotatable bonds is 4. The largest absolute Gasteiger partial charge is 0.331 e. The van der Waals surface area contributed by atoms with E-state index in [0.29, 0.717) is 5.11 Å². The van der Waals surface area contributed by atoms with Gasteiger partial charge in [0.05, 0.1) is 6.21 Å². The van der Waals surface area contributed by atoms with E-state index in [1.54, 1.807) is 6.21 Å². The summed E-state index contributed by atoms with van der Waals surface area (Å²) in [5, 5.41) is 7.86. The Hall–Kier alpha value is -2.92. The smallest absolute Gasteiger partial charge is 0.191 e. The van der Waals surface area contributed by atoms with Crippen LogP contribution in [0.4, 0.5) is 5.69 Å². The van der Waals surface area contributed by atoms with E-state index in [1.807, 2.05) is 30.3 Å². The van der Waals surface area contributed by atoms with E-state index in [1.165, 1.54) is 5.56 Å². The van der Waals surface area contributed by atoms with Crippen LogP contribution in [0.1, 0.15) is 43.3 Å². The van der Waals surface area contributed by atoms with E-state index in [2.05, 4.69) is 85.4 Å². The van der Waals surface area contributed by atoms with Gasteiger partial charge in [-0.1, -0.05) is 51.1 Å². The molecule has 0 atom stereocenters. The third-order valence-electron chi connectivity index (χ3n) is 4.86. The molecule has 1 aromatic heterocycles. The minimum absolute atomic E-state index is 0.148. The Bertz CT molecular complexity index is 1010. The number of hydrazone groups is 1. The van der Waals surface area contributed by atoms with Gasteiger partial charge in [0.1, 0.15) is 0 Å². The first-order valence-corrected chi connectivity index (χ1v) is 10.1. The van der Waals surface area contributed by atoms with Crippen LogP contribution >= 0.6 is 12.2 Å². The van der Waals surface area contributed by atoms with Crippen LogP contribution in [0.5, 0.6) is 0 Å². The van der Waals surface area contributed by atoms with Gasteiger partial charge in [-0.25, -0.2) is 0 Å². The summed E-state index contributed by atoms with van der Waals surface area (Å²) >= 11 is 5.29. The predicted molar refractivity (Wildman–Crippen MR) is 127 cm³/mol. The third-order valence-corrected chi connectivity index (χ3v) is 5.06. The summed E-state index contributed by atoms with van der Waals surface area (Å²) < 4.78 is 2.24. The fourth-order valence-corrected chi connectivity index (χ4v) is 3.44. The summed E-state index contributed by atoms with van der Waals surface area (Å²) in [5.41, 5.74) is 9.79. The Morgan fingerprint density at radius 1 is 1.00 bits per heavy atom. The second-order valence-electron chi connectivity index (χ2n) is 8.15. The van der Waals surface area contributed by atoms with Crippen molar-refractivity contribution in [3.63, 3.8) is 0 Å². The Balaban J connectivity index is 1.72. The normalized spacial score (nSPS) is 11.6. The lowest BCUT2D eigenvalue weighted by atomic mass is 9.87. The van der Waals surface area contributed by atoms with Gasteiger partial charge < -0.3 is 9.88 Å². The molecule has 0 aliphatic heterocycles. The number of hydrogen-bond donors (Lipinski definition) is 2. The first-order valence-electron chi connectivity index (χ1n) is 9.70. The molecular weight excluding hydrogens is 376 g/mol. The molecule has 4 nitrogen and oxygen atoms in total. The van der Waals surface area contributed by atoms with Crippen molar-refractivity contribution in [1.82, 2.24) is 9.99 Å². The quantitative estimate of drug-likeness (QED) is 0.332. The van der Waals surface area contributed by atoms with Gasteiger partial charge >= 0.3 is 0 Å². The summed E-state index contributed by atoms with van der Waals surface area (Å²) in [6.45, 7) is 10.9. The Morgan fingerprint density at radius 3 is 2.28 bits per heavy atom. The van der Waals surface area contributed by atoms with E-state index in [4.69, 9.17) is 12.2 Å². The summed E-state index contributed by atoms with van der Waals surface area (Å²) in [6, 6.07) is 20.7. The highest BCUT2D eigenvalue weighted by molar-refractivity contribution is 7.80. The van der Waals surface area contributed by atoms with Crippen molar-refractivity contribution in [3.05, 3.63) is 83.2 Å². The highest BCUT2D eigenvalue weighted by Crippen LogP contribution is 2.25. The van der Waals surface area contributed by atoms with E-state index in [9.17, 15) is 0 Å². The molecule has 29 heavy (non-hydrogen) atoms. The van der Waals surface area contributed by atoms with Gasteiger partial charge in [-0.2, -0.15) is 5.10 Å². The van der Waals surface area contributed by atoms with Gasteiger partial charge in [-0.3, -0.25) is 5.43 Å². The highest BCUT2D eigenvalue weighted by Gasteiger charge is 2.14. The number of aryl methyl sites for hydroxylation is 1. The maximum Gasteiger partial charge on any atom is 0.191 e. The van der Waals surface area contributed by atoms with Crippen LogP contribution < -0.4 is 10.7 Å². The summed E-state index contributed by atoms with van der Waals surface area (Å²) in [4.78, 5) is 0. The van der Waals surface area contributed by atoms with E-state index >= 15 is 0 Å². The topological polar surface area (TPSA) is 41.4 Å². The molecule has 150 valence electrons. The number of benzene rings is 2. The zero-order valence-corrected chi connectivity index (χ0v) is 18.5. The molecule has 0 radical (unpaired) electrons. The van der Waals surface area contributed by atoms with Crippen LogP contribution in [0.25, 0.3) is 5.69 Å². The van der Waals surface area contributed by atoms with Crippen LogP contribution in [0.3, 0.4) is 0 Å². The van der Waals surface area contributed by atoms with Crippen molar-refractivity contribution in [2.75, 3.05) is 5.32 Å². The molecule has 2 N–H and O–H groups in total. The predicted octanol–water partition coefficient (Wildman–Crippen LogP) is 5.71. The standard InChI is InChI=1S/C24H28N4S/c1-17-15-19(16-25-27-23(29)26-21-9-7-6-8-10-21)18(2)28(17)22-13-11-20(12-14-22)24(3,4)5/h6-16H,1-5H3,(H2,26,27,29)/b25-16+. The number of nitrogens with zero attached hydrogens (tertiary/aromatic N) is 2. The molecule has 3 rings (SSSR count). The second-order valence-corrected chi connectivity index (χ2v) is 8.56. The maximum absolute atomic E-state index is 5.29. The molecule has 0 spiro atoms. The van der Waals surface area contributed by atoms with E-state index in [-0.39, 0.29) is 5.41 Å². The number of hydrogen-bond acceptors (Lipinski definition) is 2. The van der Waals surface area contributed by atoms with Gasteiger partial charge in [0.25, 0.3) is 0 Å². The summed E-state index contributed by atoms with van der Waals surface area (Å²) in [6.07, 6.45) is 1.81. The molecule has 0 amide bonds. The van der Waals surface area contributed by atoms with Crippen LogP contribution in [0, 0.1) is 13.8 Å². The molecule has 5 heteroatoms. The van der Waals surface area contributed by atoms with Crippen molar-refractivity contribution in [2.45, 2.75) is 40.0 Å². The van der Waals surface area contributed by atoms with Gasteiger partial charge in [0, 0.05) is 28.3 Å². The molecule has 1 heterocycles. The Morgan fingerprint density at radius 2 is 1.66 bits per heavy atom. The molecule has 0 bridgehead atoms. The van der Waals surface area contributed by atoms with Gasteiger partial charge in [0.2, 0.25) is 0 Å². The van der Waals surface area contributed by atoms with Gasteiger partial charge in [-0.05, 0) is 67.4 Å². The second kappa shape index (κ2) is 8.62. The summed E-state index contributed by atoms with van der Waals surface area (Å²) in [7, 11) is 0. The number of aromatic nitrogens is 1. The lowest BCUT2D eigenvalue weighted by molar-refractivity contribution is 0.590. The lowest BCUT2D eigenvalue weighted by Crippen LogP contribution is -2.23. The van der Waals surface area contributed by atoms with Crippen LogP contribution in [-0.4, -0.2) is 15.9 Å². The molecule has 0 aliphatic rings. The molecule has 0 saturated carbocycles. The van der Waals surface area contributed by atoms with Crippen molar-refractivity contribution in [3.8, 4) is 5.69 Å². The number of anilines is 1. The van der Waals surface area contributed by atoms with Crippen molar-refractivity contribution >= 4 is 29.2 Å². The SMILES string of the molecule is Cc1cc(/C=N/NC(=S)Nc2ccccc2)c(C)n1-c1ccc(C(C)(C)C)cc1. The fourth-order valence-electron chi connectivity index (χ4n) is 3.27. The van der Waals surface area contributed by atoms with Crippen molar-refractivity contribution in [1.29, 1.82) is 0 Å². The zero-order chi connectivity index (χ0) is 21.0. The Kier molecular flexibility index (Phi) is 6.18. The Labute approximate surface area is 178 Å². The monoisotopic (exact) mass is 404 g/mol. The van der Waals surface area contributed by atoms with Crippen molar-refractivity contribution in [2.24, 2.45) is 5.10 Å². The first-order chi connectivity index (χ1) is 13.8. The maximum atomic E-state index is 5.29. The fraction of sp³-hybridized carbons (Fsp3) is 0.250. The average Bonchev–Trinajstić information content (AvgIpc) is 2.95. The van der Waals surface area contributed by atoms with E-state index < -0.39 is 0 Å². The first kappa shape index (κ1) is 20.8. The van der Waals surface area contributed by atoms with Crippen LogP contribution in [0.15, 0.2) is 65.8 Å². The van der Waals surface area contributed by atoms with Crippen LogP contribution in [-0.2, 0) is 5.41 Å². The number of nitrogens with one attached hydrogen (secondary N) is 2. The zero-order valence-electron chi connectivity index (χ0n) is 17.7. The molecular formula is C24H28N4S.